The van der Waals surface area contributed by atoms with E-state index in [1.165, 1.54) is 29.3 Å². The number of carbonyl (C=O) groups is 1. The molecule has 0 unspecified atom stereocenters. The normalized spacial score (nSPS) is 15.9. The summed E-state index contributed by atoms with van der Waals surface area (Å²) in [5.74, 6) is 0.321. The second-order valence-electron chi connectivity index (χ2n) is 7.16. The third-order valence-corrected chi connectivity index (χ3v) is 4.87. The summed E-state index contributed by atoms with van der Waals surface area (Å²) in [5, 5.41) is 1.28. The topological polar surface area (TPSA) is 28.5 Å². The first-order chi connectivity index (χ1) is 11.6. The smallest absolute Gasteiger partial charge is 0.222 e. The molecule has 0 saturated carbocycles. The van der Waals surface area contributed by atoms with E-state index in [1.54, 1.807) is 0 Å². The van der Waals surface area contributed by atoms with Crippen LogP contribution in [0.25, 0.3) is 10.9 Å². The van der Waals surface area contributed by atoms with Crippen molar-refractivity contribution < 1.29 is 4.79 Å². The van der Waals surface area contributed by atoms with Gasteiger partial charge in [-0.3, -0.25) is 9.69 Å². The molecule has 0 aliphatic carbocycles. The number of fused-ring (bicyclic) bond motifs is 1. The van der Waals surface area contributed by atoms with Gasteiger partial charge in [-0.05, 0) is 45.0 Å². The molecule has 0 atom stereocenters. The van der Waals surface area contributed by atoms with Crippen molar-refractivity contribution in [2.45, 2.75) is 45.2 Å². The summed E-state index contributed by atoms with van der Waals surface area (Å²) in [4.78, 5) is 16.8. The van der Waals surface area contributed by atoms with Crippen LogP contribution in [0.1, 0.15) is 37.7 Å². The highest BCUT2D eigenvalue weighted by Crippen LogP contribution is 2.23. The zero-order valence-corrected chi connectivity index (χ0v) is 15.0. The summed E-state index contributed by atoms with van der Waals surface area (Å²) < 4.78 is 2.28. The van der Waals surface area contributed by atoms with Gasteiger partial charge in [0.05, 0.1) is 6.67 Å². The van der Waals surface area contributed by atoms with Gasteiger partial charge < -0.3 is 9.47 Å². The SMILES string of the molecule is CN(C)Cn1cc(CCC(=O)N2CCCCCC2)c2ccccc21. The van der Waals surface area contributed by atoms with Gasteiger partial charge in [-0.25, -0.2) is 0 Å². The Morgan fingerprint density at radius 2 is 1.79 bits per heavy atom. The molecule has 0 N–H and O–H groups in total. The maximum atomic E-state index is 12.6. The van der Waals surface area contributed by atoms with Gasteiger partial charge in [-0.15, -0.1) is 0 Å². The van der Waals surface area contributed by atoms with Crippen molar-refractivity contribution in [3.05, 3.63) is 36.0 Å². The molecule has 2 aromatic rings. The molecule has 1 aromatic carbocycles. The molecule has 1 aliphatic heterocycles. The number of hydrogen-bond donors (Lipinski definition) is 0. The second-order valence-corrected chi connectivity index (χ2v) is 7.16. The molecular weight excluding hydrogens is 298 g/mol. The Morgan fingerprint density at radius 3 is 2.50 bits per heavy atom. The van der Waals surface area contributed by atoms with Crippen LogP contribution in [0.2, 0.25) is 0 Å². The van der Waals surface area contributed by atoms with Crippen LogP contribution in [0.3, 0.4) is 0 Å². The average Bonchev–Trinajstić information content (AvgIpc) is 2.76. The van der Waals surface area contributed by atoms with E-state index in [0.717, 1.165) is 39.0 Å². The third-order valence-electron chi connectivity index (χ3n) is 4.87. The zero-order valence-electron chi connectivity index (χ0n) is 15.0. The molecule has 1 saturated heterocycles. The summed E-state index contributed by atoms with van der Waals surface area (Å²) in [6, 6.07) is 8.51. The summed E-state index contributed by atoms with van der Waals surface area (Å²) >= 11 is 0. The highest BCUT2D eigenvalue weighted by atomic mass is 16.2. The molecule has 3 rings (SSSR count). The van der Waals surface area contributed by atoms with E-state index in [0.29, 0.717) is 12.3 Å². The first-order valence-electron chi connectivity index (χ1n) is 9.14. The number of rotatable bonds is 5. The Morgan fingerprint density at radius 1 is 1.08 bits per heavy atom. The molecule has 1 fully saturated rings. The lowest BCUT2D eigenvalue weighted by Crippen LogP contribution is -2.31. The fourth-order valence-corrected chi connectivity index (χ4v) is 3.66. The van der Waals surface area contributed by atoms with Crippen LogP contribution in [0.5, 0.6) is 0 Å². The van der Waals surface area contributed by atoms with Crippen molar-refractivity contribution in [2.75, 3.05) is 27.2 Å². The van der Waals surface area contributed by atoms with Gasteiger partial charge in [0.25, 0.3) is 0 Å². The van der Waals surface area contributed by atoms with Gasteiger partial charge in [-0.2, -0.15) is 0 Å². The summed E-state index contributed by atoms with van der Waals surface area (Å²) in [5.41, 5.74) is 2.54. The van der Waals surface area contributed by atoms with Gasteiger partial charge >= 0.3 is 0 Å². The lowest BCUT2D eigenvalue weighted by Gasteiger charge is -2.20. The first kappa shape index (κ1) is 17.0. The number of para-hydroxylation sites is 1. The second kappa shape index (κ2) is 7.84. The lowest BCUT2D eigenvalue weighted by molar-refractivity contribution is -0.131. The molecule has 0 bridgehead atoms. The molecule has 130 valence electrons. The Balaban J connectivity index is 1.71. The van der Waals surface area contributed by atoms with E-state index in [1.807, 2.05) is 0 Å². The van der Waals surface area contributed by atoms with Crippen LogP contribution in [-0.4, -0.2) is 47.5 Å². The highest BCUT2D eigenvalue weighted by molar-refractivity contribution is 5.85. The third kappa shape index (κ3) is 3.99. The number of carbonyl (C=O) groups excluding carboxylic acids is 1. The number of hydrogen-bond acceptors (Lipinski definition) is 2. The predicted molar refractivity (Wildman–Crippen MR) is 99.0 cm³/mol. The fourth-order valence-electron chi connectivity index (χ4n) is 3.66. The Kier molecular flexibility index (Phi) is 5.56. The van der Waals surface area contributed by atoms with Crippen molar-refractivity contribution in [1.82, 2.24) is 14.4 Å². The van der Waals surface area contributed by atoms with Crippen molar-refractivity contribution >= 4 is 16.8 Å². The van der Waals surface area contributed by atoms with E-state index in [9.17, 15) is 4.79 Å². The van der Waals surface area contributed by atoms with E-state index >= 15 is 0 Å². The van der Waals surface area contributed by atoms with Crippen molar-refractivity contribution in [3.63, 3.8) is 0 Å². The highest BCUT2D eigenvalue weighted by Gasteiger charge is 2.16. The molecule has 2 heterocycles. The molecule has 1 amide bonds. The van der Waals surface area contributed by atoms with Crippen LogP contribution in [0, 0.1) is 0 Å². The van der Waals surface area contributed by atoms with Crippen molar-refractivity contribution in [3.8, 4) is 0 Å². The van der Waals surface area contributed by atoms with Crippen LogP contribution < -0.4 is 0 Å². The van der Waals surface area contributed by atoms with E-state index in [2.05, 4.69) is 58.9 Å². The Labute approximate surface area is 145 Å². The largest absolute Gasteiger partial charge is 0.343 e. The minimum absolute atomic E-state index is 0.321. The van der Waals surface area contributed by atoms with Crippen LogP contribution in [0.15, 0.2) is 30.5 Å². The average molecular weight is 327 g/mol. The Bertz CT molecular complexity index is 681. The first-order valence-corrected chi connectivity index (χ1v) is 9.14. The van der Waals surface area contributed by atoms with Gasteiger partial charge in [0.15, 0.2) is 0 Å². The fraction of sp³-hybridized carbons (Fsp3) is 0.550. The maximum Gasteiger partial charge on any atom is 0.222 e. The minimum Gasteiger partial charge on any atom is -0.343 e. The van der Waals surface area contributed by atoms with Crippen molar-refractivity contribution in [1.29, 1.82) is 0 Å². The number of nitrogens with zero attached hydrogens (tertiary/aromatic N) is 3. The maximum absolute atomic E-state index is 12.6. The predicted octanol–water partition coefficient (Wildman–Crippen LogP) is 3.50. The molecule has 1 aliphatic rings. The molecule has 1 aromatic heterocycles. The lowest BCUT2D eigenvalue weighted by atomic mass is 10.1. The van der Waals surface area contributed by atoms with Gasteiger partial charge in [-0.1, -0.05) is 31.0 Å². The molecule has 4 heteroatoms. The van der Waals surface area contributed by atoms with Gasteiger partial charge in [0, 0.05) is 36.6 Å². The Hall–Kier alpha value is -1.81. The quantitative estimate of drug-likeness (QED) is 0.841. The minimum atomic E-state index is 0.321. The number of likely N-dealkylation sites (tertiary alicyclic amines) is 1. The standard InChI is InChI=1S/C20H29N3O/c1-21(2)16-23-15-17(18-9-5-6-10-19(18)23)11-12-20(24)22-13-7-3-4-8-14-22/h5-6,9-10,15H,3-4,7-8,11-14,16H2,1-2H3. The summed E-state index contributed by atoms with van der Waals surface area (Å²) in [7, 11) is 4.16. The number of benzene rings is 1. The molecular formula is C20H29N3O. The van der Waals surface area contributed by atoms with Gasteiger partial charge in [0.1, 0.15) is 0 Å². The van der Waals surface area contributed by atoms with Gasteiger partial charge in [0.2, 0.25) is 5.91 Å². The monoisotopic (exact) mass is 327 g/mol. The van der Waals surface area contributed by atoms with Crippen LogP contribution >= 0.6 is 0 Å². The number of aryl methyl sites for hydroxylation is 1. The molecule has 24 heavy (non-hydrogen) atoms. The van der Waals surface area contributed by atoms with E-state index < -0.39 is 0 Å². The van der Waals surface area contributed by atoms with Crippen LogP contribution in [-0.2, 0) is 17.9 Å². The molecule has 0 radical (unpaired) electrons. The van der Waals surface area contributed by atoms with E-state index in [4.69, 9.17) is 0 Å². The van der Waals surface area contributed by atoms with Crippen LogP contribution in [0.4, 0.5) is 0 Å². The molecule has 0 spiro atoms. The number of amides is 1. The number of aromatic nitrogens is 1. The molecule has 4 nitrogen and oxygen atoms in total. The summed E-state index contributed by atoms with van der Waals surface area (Å²) in [6.45, 7) is 2.75. The van der Waals surface area contributed by atoms with Crippen molar-refractivity contribution in [2.24, 2.45) is 0 Å². The summed E-state index contributed by atoms with van der Waals surface area (Å²) in [6.07, 6.45) is 8.53. The zero-order chi connectivity index (χ0) is 16.9. The van der Waals surface area contributed by atoms with E-state index in [-0.39, 0.29) is 0 Å².